The second kappa shape index (κ2) is 7.62. The monoisotopic (exact) mass is 281 g/mol. The first-order valence-electron chi connectivity index (χ1n) is 7.95. The Bertz CT molecular complexity index is 334. The molecule has 114 valence electrons. The van der Waals surface area contributed by atoms with Crippen molar-refractivity contribution in [3.63, 3.8) is 0 Å². The van der Waals surface area contributed by atoms with Crippen LogP contribution in [0.4, 0.5) is 0 Å². The van der Waals surface area contributed by atoms with Gasteiger partial charge in [-0.05, 0) is 51.1 Å². The first-order valence-corrected chi connectivity index (χ1v) is 7.95. The van der Waals surface area contributed by atoms with Crippen LogP contribution in [-0.4, -0.2) is 42.4 Å². The van der Waals surface area contributed by atoms with Crippen molar-refractivity contribution >= 4 is 11.8 Å². The summed E-state index contributed by atoms with van der Waals surface area (Å²) in [5.41, 5.74) is 5.30. The van der Waals surface area contributed by atoms with E-state index in [4.69, 9.17) is 5.73 Å². The summed E-state index contributed by atoms with van der Waals surface area (Å²) in [7, 11) is 0. The Hall–Kier alpha value is -1.10. The summed E-state index contributed by atoms with van der Waals surface area (Å²) in [6.45, 7) is 2.22. The third-order valence-corrected chi connectivity index (χ3v) is 4.64. The number of piperidine rings is 1. The topological polar surface area (TPSA) is 75.4 Å². The largest absolute Gasteiger partial charge is 0.368 e. The summed E-state index contributed by atoms with van der Waals surface area (Å²) < 4.78 is 0. The van der Waals surface area contributed by atoms with Crippen LogP contribution in [0.3, 0.4) is 0 Å². The predicted octanol–water partition coefficient (Wildman–Crippen LogP) is 1.02. The third-order valence-electron chi connectivity index (χ3n) is 4.64. The van der Waals surface area contributed by atoms with Gasteiger partial charge in [0.05, 0.1) is 6.54 Å². The van der Waals surface area contributed by atoms with Crippen LogP contribution < -0.4 is 11.1 Å². The number of amides is 2. The van der Waals surface area contributed by atoms with Crippen LogP contribution in [-0.2, 0) is 9.59 Å². The number of rotatable bonds is 6. The Kier molecular flexibility index (Phi) is 5.83. The number of nitrogens with zero attached hydrogens (tertiary/aromatic N) is 1. The second-order valence-electron chi connectivity index (χ2n) is 6.16. The van der Waals surface area contributed by atoms with Gasteiger partial charge >= 0.3 is 0 Å². The van der Waals surface area contributed by atoms with Gasteiger partial charge in [-0.25, -0.2) is 0 Å². The smallest absolute Gasteiger partial charge is 0.237 e. The lowest BCUT2D eigenvalue weighted by Gasteiger charge is -2.29. The van der Waals surface area contributed by atoms with E-state index in [0.717, 1.165) is 58.0 Å². The van der Waals surface area contributed by atoms with E-state index < -0.39 is 5.91 Å². The molecule has 0 aromatic heterocycles. The highest BCUT2D eigenvalue weighted by atomic mass is 16.2. The Morgan fingerprint density at radius 2 is 1.75 bits per heavy atom. The van der Waals surface area contributed by atoms with Crippen LogP contribution in [0.5, 0.6) is 0 Å². The standard InChI is InChI=1S/C15H27N3O2/c16-14(19)11-18(13-3-1-2-4-13)15(20)6-5-12-7-9-17-10-8-12/h12-13,17H,1-11H2,(H2,16,19). The average Bonchev–Trinajstić information content (AvgIpc) is 2.97. The lowest BCUT2D eigenvalue weighted by atomic mass is 9.93. The van der Waals surface area contributed by atoms with Crippen LogP contribution in [0.15, 0.2) is 0 Å². The van der Waals surface area contributed by atoms with Crippen molar-refractivity contribution < 1.29 is 9.59 Å². The molecule has 0 bridgehead atoms. The van der Waals surface area contributed by atoms with Gasteiger partial charge < -0.3 is 16.0 Å². The molecule has 5 nitrogen and oxygen atoms in total. The maximum Gasteiger partial charge on any atom is 0.237 e. The van der Waals surface area contributed by atoms with E-state index in [0.29, 0.717) is 12.3 Å². The minimum Gasteiger partial charge on any atom is -0.368 e. The molecule has 2 fully saturated rings. The SMILES string of the molecule is NC(=O)CN(C(=O)CCC1CCNCC1)C1CCCC1. The maximum atomic E-state index is 12.4. The zero-order valence-corrected chi connectivity index (χ0v) is 12.3. The van der Waals surface area contributed by atoms with Gasteiger partial charge in [0.25, 0.3) is 0 Å². The molecule has 0 aromatic carbocycles. The molecule has 0 unspecified atom stereocenters. The summed E-state index contributed by atoms with van der Waals surface area (Å²) in [6.07, 6.45) is 8.18. The third kappa shape index (κ3) is 4.47. The van der Waals surface area contributed by atoms with Gasteiger partial charge in [-0.1, -0.05) is 12.8 Å². The predicted molar refractivity (Wildman–Crippen MR) is 78.0 cm³/mol. The number of carbonyl (C=O) groups excluding carboxylic acids is 2. The van der Waals surface area contributed by atoms with E-state index in [1.165, 1.54) is 0 Å². The number of carbonyl (C=O) groups is 2. The van der Waals surface area contributed by atoms with Crippen molar-refractivity contribution in [2.24, 2.45) is 11.7 Å². The second-order valence-corrected chi connectivity index (χ2v) is 6.16. The van der Waals surface area contributed by atoms with Crippen molar-refractivity contribution in [3.8, 4) is 0 Å². The molecule has 2 aliphatic rings. The number of nitrogens with two attached hydrogens (primary N) is 1. The minimum absolute atomic E-state index is 0.0930. The Labute approximate surface area is 121 Å². The highest BCUT2D eigenvalue weighted by molar-refractivity contribution is 5.84. The number of hydrogen-bond donors (Lipinski definition) is 2. The molecule has 1 heterocycles. The fourth-order valence-corrected chi connectivity index (χ4v) is 3.45. The minimum atomic E-state index is -0.396. The van der Waals surface area contributed by atoms with Crippen LogP contribution >= 0.6 is 0 Å². The molecule has 0 aromatic rings. The summed E-state index contributed by atoms with van der Waals surface area (Å²) in [5, 5.41) is 3.34. The molecular formula is C15H27N3O2. The molecule has 1 aliphatic heterocycles. The lowest BCUT2D eigenvalue weighted by Crippen LogP contribution is -2.44. The van der Waals surface area contributed by atoms with Gasteiger partial charge in [0.2, 0.25) is 11.8 Å². The Morgan fingerprint density at radius 3 is 2.35 bits per heavy atom. The summed E-state index contributed by atoms with van der Waals surface area (Å²) in [4.78, 5) is 25.4. The highest BCUT2D eigenvalue weighted by Crippen LogP contribution is 2.25. The van der Waals surface area contributed by atoms with Crippen molar-refractivity contribution in [1.82, 2.24) is 10.2 Å². The van der Waals surface area contributed by atoms with E-state index in [2.05, 4.69) is 5.32 Å². The van der Waals surface area contributed by atoms with Crippen molar-refractivity contribution in [2.45, 2.75) is 57.4 Å². The van der Waals surface area contributed by atoms with Gasteiger partial charge in [0.15, 0.2) is 0 Å². The fourth-order valence-electron chi connectivity index (χ4n) is 3.45. The summed E-state index contributed by atoms with van der Waals surface area (Å²) in [6, 6.07) is 0.239. The summed E-state index contributed by atoms with van der Waals surface area (Å²) in [5.74, 6) is 0.376. The fraction of sp³-hybridized carbons (Fsp3) is 0.867. The zero-order chi connectivity index (χ0) is 14.4. The quantitative estimate of drug-likeness (QED) is 0.763. The molecule has 3 N–H and O–H groups in total. The number of primary amides is 1. The molecular weight excluding hydrogens is 254 g/mol. The molecule has 5 heteroatoms. The molecule has 20 heavy (non-hydrogen) atoms. The molecule has 1 saturated carbocycles. The molecule has 1 aliphatic carbocycles. The lowest BCUT2D eigenvalue weighted by molar-refractivity contribution is -0.137. The van der Waals surface area contributed by atoms with Crippen LogP contribution in [0, 0.1) is 5.92 Å². The zero-order valence-electron chi connectivity index (χ0n) is 12.3. The van der Waals surface area contributed by atoms with E-state index in [1.54, 1.807) is 4.90 Å². The molecule has 0 spiro atoms. The van der Waals surface area contributed by atoms with Crippen molar-refractivity contribution in [3.05, 3.63) is 0 Å². The molecule has 1 saturated heterocycles. The van der Waals surface area contributed by atoms with Gasteiger partial charge in [0, 0.05) is 12.5 Å². The van der Waals surface area contributed by atoms with Crippen LogP contribution in [0.2, 0.25) is 0 Å². The van der Waals surface area contributed by atoms with E-state index >= 15 is 0 Å². The highest BCUT2D eigenvalue weighted by Gasteiger charge is 2.28. The molecule has 2 rings (SSSR count). The number of nitrogens with one attached hydrogen (secondary N) is 1. The molecule has 0 atom stereocenters. The van der Waals surface area contributed by atoms with Crippen molar-refractivity contribution in [1.29, 1.82) is 0 Å². The van der Waals surface area contributed by atoms with E-state index in [1.807, 2.05) is 0 Å². The maximum absolute atomic E-state index is 12.4. The first kappa shape index (κ1) is 15.3. The van der Waals surface area contributed by atoms with Crippen LogP contribution in [0.25, 0.3) is 0 Å². The van der Waals surface area contributed by atoms with E-state index in [-0.39, 0.29) is 18.5 Å². The molecule has 2 amide bonds. The van der Waals surface area contributed by atoms with Gasteiger partial charge in [-0.3, -0.25) is 9.59 Å². The first-order chi connectivity index (χ1) is 9.66. The normalized spacial score (nSPS) is 21.0. The van der Waals surface area contributed by atoms with E-state index in [9.17, 15) is 9.59 Å². The molecule has 0 radical (unpaired) electrons. The Balaban J connectivity index is 1.83. The van der Waals surface area contributed by atoms with Gasteiger partial charge in [0.1, 0.15) is 0 Å². The van der Waals surface area contributed by atoms with Crippen molar-refractivity contribution in [2.75, 3.05) is 19.6 Å². The van der Waals surface area contributed by atoms with Gasteiger partial charge in [-0.15, -0.1) is 0 Å². The van der Waals surface area contributed by atoms with Gasteiger partial charge in [-0.2, -0.15) is 0 Å². The van der Waals surface area contributed by atoms with Crippen LogP contribution in [0.1, 0.15) is 51.4 Å². The average molecular weight is 281 g/mol. The Morgan fingerprint density at radius 1 is 1.10 bits per heavy atom. The summed E-state index contributed by atoms with van der Waals surface area (Å²) >= 11 is 0. The number of hydrogen-bond acceptors (Lipinski definition) is 3.